The molecule has 74 valence electrons. The van der Waals surface area contributed by atoms with E-state index in [4.69, 9.17) is 0 Å². The zero-order valence-electron chi connectivity index (χ0n) is 8.01. The summed E-state index contributed by atoms with van der Waals surface area (Å²) in [4.78, 5) is 11.3. The number of carbonyl (C=O) groups excluding carboxylic acids is 1. The van der Waals surface area contributed by atoms with Crippen molar-refractivity contribution in [3.63, 3.8) is 0 Å². The summed E-state index contributed by atoms with van der Waals surface area (Å²) in [6, 6.07) is 4.79. The van der Waals surface area contributed by atoms with Gasteiger partial charge in [0.25, 0.3) is 0 Å². The quantitative estimate of drug-likeness (QED) is 0.673. The fraction of sp³-hybridized carbons (Fsp3) is 0.364. The van der Waals surface area contributed by atoms with E-state index >= 15 is 0 Å². The topological polar surface area (TPSA) is 29.1 Å². The number of hydrogen-bond acceptors (Lipinski definition) is 1. The second kappa shape index (κ2) is 3.40. The Bertz CT molecular complexity index is 376. The minimum atomic E-state index is -0.225. The molecule has 0 saturated carbocycles. The molecule has 2 rings (SSSR count). The molecule has 1 aromatic carbocycles. The van der Waals surface area contributed by atoms with E-state index < -0.39 is 0 Å². The normalized spacial score (nSPS) is 21.0. The minimum absolute atomic E-state index is 0.0261. The molecule has 14 heavy (non-hydrogen) atoms. The SMILES string of the molecule is CC1CC(=O)Nc2cccc(F)c2C1. The Kier molecular flexibility index (Phi) is 2.23. The Labute approximate surface area is 82.1 Å². The van der Waals surface area contributed by atoms with Gasteiger partial charge in [-0.15, -0.1) is 0 Å². The van der Waals surface area contributed by atoms with Crippen LogP contribution in [0.5, 0.6) is 0 Å². The van der Waals surface area contributed by atoms with E-state index in [1.807, 2.05) is 6.92 Å². The molecular weight excluding hydrogens is 181 g/mol. The molecule has 0 radical (unpaired) electrons. The summed E-state index contributed by atoms with van der Waals surface area (Å²) in [7, 11) is 0. The van der Waals surface area contributed by atoms with Gasteiger partial charge in [-0.3, -0.25) is 4.79 Å². The molecule has 1 N–H and O–H groups in total. The van der Waals surface area contributed by atoms with E-state index in [2.05, 4.69) is 5.32 Å². The summed E-state index contributed by atoms with van der Waals surface area (Å²) in [5.41, 5.74) is 1.25. The lowest BCUT2D eigenvalue weighted by atomic mass is 9.98. The predicted molar refractivity (Wildman–Crippen MR) is 52.5 cm³/mol. The van der Waals surface area contributed by atoms with Gasteiger partial charge in [0.1, 0.15) is 5.82 Å². The first-order chi connectivity index (χ1) is 6.66. The summed E-state index contributed by atoms with van der Waals surface area (Å²) in [6.07, 6.45) is 1.09. The number of rotatable bonds is 0. The van der Waals surface area contributed by atoms with Crippen molar-refractivity contribution < 1.29 is 9.18 Å². The molecule has 0 aliphatic carbocycles. The zero-order chi connectivity index (χ0) is 10.1. The maximum atomic E-state index is 13.4. The number of carbonyl (C=O) groups is 1. The van der Waals surface area contributed by atoms with Crippen molar-refractivity contribution in [2.75, 3.05) is 5.32 Å². The molecule has 1 amide bonds. The molecule has 0 saturated heterocycles. The molecule has 3 heteroatoms. The number of halogens is 1. The zero-order valence-corrected chi connectivity index (χ0v) is 8.01. The summed E-state index contributed by atoms with van der Waals surface area (Å²) in [6.45, 7) is 1.96. The third kappa shape index (κ3) is 1.62. The van der Waals surface area contributed by atoms with Gasteiger partial charge in [-0.05, 0) is 24.5 Å². The number of hydrogen-bond donors (Lipinski definition) is 1. The lowest BCUT2D eigenvalue weighted by Gasteiger charge is -2.07. The molecule has 0 aromatic heterocycles. The van der Waals surface area contributed by atoms with E-state index in [1.54, 1.807) is 12.1 Å². The molecule has 1 aromatic rings. The molecule has 1 aliphatic rings. The van der Waals surface area contributed by atoms with Gasteiger partial charge in [-0.25, -0.2) is 4.39 Å². The van der Waals surface area contributed by atoms with Crippen LogP contribution >= 0.6 is 0 Å². The Morgan fingerprint density at radius 2 is 2.21 bits per heavy atom. The summed E-state index contributed by atoms with van der Waals surface area (Å²) >= 11 is 0. The Morgan fingerprint density at radius 3 is 3.00 bits per heavy atom. The molecule has 0 fully saturated rings. The average molecular weight is 193 g/mol. The van der Waals surface area contributed by atoms with Gasteiger partial charge in [-0.1, -0.05) is 13.0 Å². The van der Waals surface area contributed by atoms with Crippen LogP contribution in [-0.2, 0) is 11.2 Å². The van der Waals surface area contributed by atoms with E-state index in [0.29, 0.717) is 24.1 Å². The fourth-order valence-electron chi connectivity index (χ4n) is 1.82. The minimum Gasteiger partial charge on any atom is -0.326 e. The highest BCUT2D eigenvalue weighted by molar-refractivity contribution is 5.92. The van der Waals surface area contributed by atoms with Gasteiger partial charge in [0, 0.05) is 17.7 Å². The van der Waals surface area contributed by atoms with Crippen molar-refractivity contribution >= 4 is 11.6 Å². The summed E-state index contributed by atoms with van der Waals surface area (Å²) < 4.78 is 13.4. The van der Waals surface area contributed by atoms with E-state index in [-0.39, 0.29) is 17.6 Å². The first-order valence-electron chi connectivity index (χ1n) is 4.74. The van der Waals surface area contributed by atoms with E-state index in [1.165, 1.54) is 6.07 Å². The summed E-state index contributed by atoms with van der Waals surface area (Å²) in [5, 5.41) is 2.71. The largest absolute Gasteiger partial charge is 0.326 e. The lowest BCUT2D eigenvalue weighted by Crippen LogP contribution is -2.11. The average Bonchev–Trinajstić information content (AvgIpc) is 2.23. The standard InChI is InChI=1S/C11H12FNO/c1-7-5-8-9(12)3-2-4-10(8)13-11(14)6-7/h2-4,7H,5-6H2,1H3,(H,13,14). The van der Waals surface area contributed by atoms with Gasteiger partial charge in [-0.2, -0.15) is 0 Å². The monoisotopic (exact) mass is 193 g/mol. The highest BCUT2D eigenvalue weighted by Crippen LogP contribution is 2.26. The Morgan fingerprint density at radius 1 is 1.43 bits per heavy atom. The van der Waals surface area contributed by atoms with Gasteiger partial charge in [0.15, 0.2) is 0 Å². The van der Waals surface area contributed by atoms with Crippen LogP contribution in [0.25, 0.3) is 0 Å². The number of anilines is 1. The van der Waals surface area contributed by atoms with Crippen LogP contribution in [0.2, 0.25) is 0 Å². The van der Waals surface area contributed by atoms with Crippen LogP contribution in [-0.4, -0.2) is 5.91 Å². The van der Waals surface area contributed by atoms with Crippen LogP contribution in [0, 0.1) is 11.7 Å². The van der Waals surface area contributed by atoms with E-state index in [9.17, 15) is 9.18 Å². The van der Waals surface area contributed by atoms with Crippen LogP contribution in [0.4, 0.5) is 10.1 Å². The molecule has 1 unspecified atom stereocenters. The van der Waals surface area contributed by atoms with Crippen LogP contribution < -0.4 is 5.32 Å². The van der Waals surface area contributed by atoms with Gasteiger partial charge in [0.05, 0.1) is 0 Å². The molecule has 1 aliphatic heterocycles. The van der Waals surface area contributed by atoms with E-state index in [0.717, 1.165) is 0 Å². The van der Waals surface area contributed by atoms with Crippen LogP contribution in [0.1, 0.15) is 18.9 Å². The van der Waals surface area contributed by atoms with Crippen LogP contribution in [0.3, 0.4) is 0 Å². The first kappa shape index (κ1) is 9.19. The maximum absolute atomic E-state index is 13.4. The Hall–Kier alpha value is -1.38. The van der Waals surface area contributed by atoms with Crippen molar-refractivity contribution in [2.45, 2.75) is 19.8 Å². The maximum Gasteiger partial charge on any atom is 0.224 e. The second-order valence-corrected chi connectivity index (χ2v) is 3.83. The molecular formula is C11H12FNO. The summed E-state index contributed by atoms with van der Waals surface area (Å²) in [5.74, 6) is -0.0495. The van der Waals surface area contributed by atoms with Crippen molar-refractivity contribution in [1.29, 1.82) is 0 Å². The number of fused-ring (bicyclic) bond motifs is 1. The third-order valence-corrected chi connectivity index (χ3v) is 2.48. The number of benzene rings is 1. The lowest BCUT2D eigenvalue weighted by molar-refractivity contribution is -0.116. The van der Waals surface area contributed by atoms with Crippen LogP contribution in [0.15, 0.2) is 18.2 Å². The van der Waals surface area contributed by atoms with Crippen molar-refractivity contribution in [3.8, 4) is 0 Å². The van der Waals surface area contributed by atoms with Crippen molar-refractivity contribution in [1.82, 2.24) is 0 Å². The van der Waals surface area contributed by atoms with Gasteiger partial charge < -0.3 is 5.32 Å². The van der Waals surface area contributed by atoms with Crippen molar-refractivity contribution in [2.24, 2.45) is 5.92 Å². The number of amides is 1. The third-order valence-electron chi connectivity index (χ3n) is 2.48. The second-order valence-electron chi connectivity index (χ2n) is 3.83. The molecule has 0 bridgehead atoms. The predicted octanol–water partition coefficient (Wildman–Crippen LogP) is 2.35. The molecule has 0 spiro atoms. The highest BCUT2D eigenvalue weighted by atomic mass is 19.1. The smallest absolute Gasteiger partial charge is 0.224 e. The van der Waals surface area contributed by atoms with Crippen molar-refractivity contribution in [3.05, 3.63) is 29.6 Å². The molecule has 1 heterocycles. The first-order valence-corrected chi connectivity index (χ1v) is 4.74. The van der Waals surface area contributed by atoms with Gasteiger partial charge in [0.2, 0.25) is 5.91 Å². The highest BCUT2D eigenvalue weighted by Gasteiger charge is 2.20. The van der Waals surface area contributed by atoms with Gasteiger partial charge >= 0.3 is 0 Å². The fourth-order valence-corrected chi connectivity index (χ4v) is 1.82. The Balaban J connectivity index is 2.46. The molecule has 2 nitrogen and oxygen atoms in total. The number of nitrogens with one attached hydrogen (secondary N) is 1. The molecule has 1 atom stereocenters.